The van der Waals surface area contributed by atoms with Gasteiger partial charge in [-0.05, 0) is 20.8 Å². The molecule has 0 bridgehead atoms. The van der Waals surface area contributed by atoms with E-state index in [4.69, 9.17) is 0 Å². The Hall–Kier alpha value is 1.04. The number of hydrogen-bond acceptors (Lipinski definition) is 1. The van der Waals surface area contributed by atoms with Crippen LogP contribution in [0.5, 0.6) is 0 Å². The van der Waals surface area contributed by atoms with Crippen LogP contribution in [0.15, 0.2) is 0 Å². The first kappa shape index (κ1) is 8.04. The summed E-state index contributed by atoms with van der Waals surface area (Å²) in [4.78, 5) is 0. The zero-order chi connectivity index (χ0) is 6.08. The Morgan fingerprint density at radius 1 is 1.43 bits per heavy atom. The molecule has 1 atom stereocenters. The van der Waals surface area contributed by atoms with E-state index in [2.05, 4.69) is 0 Å². The molecule has 0 saturated carbocycles. The van der Waals surface area contributed by atoms with Gasteiger partial charge >= 0.3 is 0 Å². The maximum atomic E-state index is 10.6. The highest BCUT2D eigenvalue weighted by Gasteiger charge is 2.22. The van der Waals surface area contributed by atoms with Gasteiger partial charge in [-0.1, -0.05) is 0 Å². The first-order valence-electron chi connectivity index (χ1n) is 2.03. The van der Waals surface area contributed by atoms with E-state index in [-0.39, 0.29) is 4.75 Å². The van der Waals surface area contributed by atoms with Crippen LogP contribution in [0.25, 0.3) is 0 Å². The lowest BCUT2D eigenvalue weighted by Gasteiger charge is -2.16. The number of hydrogen-bond donors (Lipinski definition) is 0. The van der Waals surface area contributed by atoms with Gasteiger partial charge in [-0.3, -0.25) is 0 Å². The summed E-state index contributed by atoms with van der Waals surface area (Å²) in [5.41, 5.74) is 0. The van der Waals surface area contributed by atoms with Gasteiger partial charge in [0.15, 0.2) is 0 Å². The predicted octanol–water partition coefficient (Wildman–Crippen LogP) is 1.88. The molecule has 0 rings (SSSR count). The molecule has 0 aromatic rings. The molecule has 44 valence electrons. The average molecular weight is 232 g/mol. The summed E-state index contributed by atoms with van der Waals surface area (Å²) in [6.45, 7) is 5.86. The van der Waals surface area contributed by atoms with Crippen LogP contribution in [0.4, 0.5) is 0 Å². The smallest absolute Gasteiger partial charge is 0.249 e. The van der Waals surface area contributed by atoms with E-state index >= 15 is 0 Å². The summed E-state index contributed by atoms with van der Waals surface area (Å²) >= 11 is 1.92. The Labute approximate surface area is 59.6 Å². The molecule has 0 spiro atoms. The third kappa shape index (κ3) is 3.61. The summed E-state index contributed by atoms with van der Waals surface area (Å²) in [5, 5.41) is 0. The molecule has 0 amide bonds. The molecule has 0 aromatic heterocycles. The standard InChI is InChI=1S/C4H9IOS/c1-4(2,3)7(5)6/h1-3H3/t7-/m1/s1. The van der Waals surface area contributed by atoms with E-state index in [0.29, 0.717) is 0 Å². The van der Waals surface area contributed by atoms with E-state index < -0.39 is 8.35 Å². The minimum Gasteiger partial charge on any atom is -0.608 e. The molecule has 0 aromatic carbocycles. The van der Waals surface area contributed by atoms with Crippen molar-refractivity contribution in [2.75, 3.05) is 0 Å². The normalized spacial score (nSPS) is 16.7. The van der Waals surface area contributed by atoms with Crippen molar-refractivity contribution in [2.24, 2.45) is 0 Å². The maximum Gasteiger partial charge on any atom is 0.249 e. The highest BCUT2D eigenvalue weighted by Crippen LogP contribution is 2.21. The molecular formula is C4H9IOS. The molecule has 0 N–H and O–H groups in total. The molecule has 0 saturated heterocycles. The highest BCUT2D eigenvalue weighted by atomic mass is 127. The van der Waals surface area contributed by atoms with Crippen molar-refractivity contribution in [1.82, 2.24) is 0 Å². The molecule has 1 nitrogen and oxygen atoms in total. The fourth-order valence-corrected chi connectivity index (χ4v) is 0. The third-order valence-corrected chi connectivity index (χ3v) is 5.41. The molecule has 7 heavy (non-hydrogen) atoms. The molecule has 3 heteroatoms. The summed E-state index contributed by atoms with van der Waals surface area (Å²) in [6.07, 6.45) is 0. The molecule has 0 aliphatic carbocycles. The van der Waals surface area contributed by atoms with Crippen LogP contribution >= 0.6 is 21.2 Å². The second-order valence-corrected chi connectivity index (χ2v) is 6.41. The van der Waals surface area contributed by atoms with E-state index in [1.807, 2.05) is 42.0 Å². The molecule has 0 unspecified atom stereocenters. The Kier molecular flexibility index (Phi) is 2.93. The monoisotopic (exact) mass is 232 g/mol. The van der Waals surface area contributed by atoms with Crippen molar-refractivity contribution in [1.29, 1.82) is 0 Å². The molecule has 0 heterocycles. The van der Waals surface area contributed by atoms with Crippen LogP contribution in [0.2, 0.25) is 0 Å². The van der Waals surface area contributed by atoms with Gasteiger partial charge in [-0.15, -0.1) is 0 Å². The minimum absolute atomic E-state index is 0.0411. The second kappa shape index (κ2) is 2.55. The Morgan fingerprint density at radius 2 is 1.57 bits per heavy atom. The van der Waals surface area contributed by atoms with Gasteiger partial charge < -0.3 is 4.55 Å². The summed E-state index contributed by atoms with van der Waals surface area (Å²) < 4.78 is 10.5. The topological polar surface area (TPSA) is 23.1 Å². The van der Waals surface area contributed by atoms with Gasteiger partial charge in [0.05, 0.1) is 0 Å². The lowest BCUT2D eigenvalue weighted by atomic mass is 10.3. The van der Waals surface area contributed by atoms with Gasteiger partial charge in [-0.25, -0.2) is 0 Å². The fraction of sp³-hybridized carbons (Fsp3) is 1.00. The molecular weight excluding hydrogens is 223 g/mol. The van der Waals surface area contributed by atoms with Crippen LogP contribution in [0, 0.1) is 0 Å². The van der Waals surface area contributed by atoms with Crippen LogP contribution < -0.4 is 0 Å². The molecule has 0 aliphatic heterocycles. The first-order chi connectivity index (χ1) is 2.94. The minimum atomic E-state index is -0.713. The zero-order valence-corrected chi connectivity index (χ0v) is 7.67. The van der Waals surface area contributed by atoms with Gasteiger partial charge in [0, 0.05) is 8.35 Å². The van der Waals surface area contributed by atoms with Crippen LogP contribution in [0.3, 0.4) is 0 Å². The summed E-state index contributed by atoms with van der Waals surface area (Å²) in [7, 11) is -0.713. The van der Waals surface area contributed by atoms with Crippen molar-refractivity contribution in [2.45, 2.75) is 25.5 Å². The Morgan fingerprint density at radius 3 is 1.57 bits per heavy atom. The van der Waals surface area contributed by atoms with Crippen LogP contribution in [-0.4, -0.2) is 9.30 Å². The highest BCUT2D eigenvalue weighted by molar-refractivity contribution is 14.2. The van der Waals surface area contributed by atoms with E-state index in [1.165, 1.54) is 0 Å². The van der Waals surface area contributed by atoms with Gasteiger partial charge in [0.1, 0.15) is 4.75 Å². The van der Waals surface area contributed by atoms with E-state index in [0.717, 1.165) is 0 Å². The predicted molar refractivity (Wildman–Crippen MR) is 41.9 cm³/mol. The number of halogens is 1. The second-order valence-electron chi connectivity index (χ2n) is 2.34. The summed E-state index contributed by atoms with van der Waals surface area (Å²) in [6, 6.07) is 0. The number of rotatable bonds is 0. The first-order valence-corrected chi connectivity index (χ1v) is 5.72. The molecule has 0 aliphatic rings. The SMILES string of the molecule is CC(C)(C)[S@@+]([O-])I. The Bertz CT molecular complexity index is 57.2. The van der Waals surface area contributed by atoms with Crippen molar-refractivity contribution in [3.05, 3.63) is 0 Å². The van der Waals surface area contributed by atoms with E-state index in [1.54, 1.807) is 0 Å². The Balaban J connectivity index is 3.54. The average Bonchev–Trinajstić information content (AvgIpc) is 1.31. The van der Waals surface area contributed by atoms with E-state index in [9.17, 15) is 4.55 Å². The van der Waals surface area contributed by atoms with Crippen molar-refractivity contribution in [3.63, 3.8) is 0 Å². The lowest BCUT2D eigenvalue weighted by molar-refractivity contribution is 0.579. The van der Waals surface area contributed by atoms with Gasteiger partial charge in [0.2, 0.25) is 21.2 Å². The lowest BCUT2D eigenvalue weighted by Crippen LogP contribution is -2.21. The van der Waals surface area contributed by atoms with Gasteiger partial charge in [0.25, 0.3) is 0 Å². The molecule has 0 fully saturated rings. The third-order valence-electron chi connectivity index (χ3n) is 0.481. The van der Waals surface area contributed by atoms with Crippen LogP contribution in [-0.2, 0) is 8.35 Å². The van der Waals surface area contributed by atoms with Crippen LogP contribution in [0.1, 0.15) is 20.8 Å². The zero-order valence-electron chi connectivity index (χ0n) is 4.69. The fourth-order valence-electron chi connectivity index (χ4n) is 0. The van der Waals surface area contributed by atoms with Crippen molar-refractivity contribution in [3.8, 4) is 0 Å². The summed E-state index contributed by atoms with van der Waals surface area (Å²) in [5.74, 6) is 0. The largest absolute Gasteiger partial charge is 0.608 e. The van der Waals surface area contributed by atoms with Crippen molar-refractivity contribution < 1.29 is 4.55 Å². The quantitative estimate of drug-likeness (QED) is 0.462. The van der Waals surface area contributed by atoms with Crippen molar-refractivity contribution >= 4 is 29.6 Å². The van der Waals surface area contributed by atoms with Gasteiger partial charge in [-0.2, -0.15) is 0 Å². The molecule has 0 radical (unpaired) electrons. The maximum absolute atomic E-state index is 10.6.